The molecule has 0 aliphatic carbocycles. The second-order valence-corrected chi connectivity index (χ2v) is 6.89. The van der Waals surface area contributed by atoms with E-state index in [1.54, 1.807) is 0 Å². The molecule has 0 saturated carbocycles. The Morgan fingerprint density at radius 2 is 0.708 bits per heavy atom. The number of carbonyl (C=O) groups is 2. The largest absolute Gasteiger partial charge is 0.466 e. The highest BCUT2D eigenvalue weighted by Gasteiger charge is 2.05. The van der Waals surface area contributed by atoms with Crippen LogP contribution < -0.4 is 0 Å². The van der Waals surface area contributed by atoms with E-state index >= 15 is 0 Å². The molecule has 0 N–H and O–H groups in total. The Kier molecular flexibility index (Phi) is 13.5. The van der Waals surface area contributed by atoms with E-state index in [0.717, 1.165) is 57.8 Å². The lowest BCUT2D eigenvalue weighted by Crippen LogP contribution is -2.06. The molecule has 4 heteroatoms. The maximum atomic E-state index is 11.6. The summed E-state index contributed by atoms with van der Waals surface area (Å²) >= 11 is 0. The fourth-order valence-electron chi connectivity index (χ4n) is 3.03. The predicted molar refractivity (Wildman–Crippen MR) is 95.8 cm³/mol. The van der Waals surface area contributed by atoms with Crippen LogP contribution in [0.2, 0.25) is 0 Å². The molecule has 1 aliphatic heterocycles. The van der Waals surface area contributed by atoms with E-state index in [2.05, 4.69) is 0 Å². The summed E-state index contributed by atoms with van der Waals surface area (Å²) in [5.74, 6) is -0.110. The number of rotatable bonds is 0. The monoisotopic (exact) mass is 340 g/mol. The van der Waals surface area contributed by atoms with Crippen molar-refractivity contribution in [1.29, 1.82) is 0 Å². The number of hydrogen-bond acceptors (Lipinski definition) is 4. The number of hydrogen-bond donors (Lipinski definition) is 0. The Labute approximate surface area is 147 Å². The highest BCUT2D eigenvalue weighted by molar-refractivity contribution is 5.69. The van der Waals surface area contributed by atoms with Crippen LogP contribution in [-0.4, -0.2) is 25.2 Å². The van der Waals surface area contributed by atoms with Crippen molar-refractivity contribution in [1.82, 2.24) is 0 Å². The molecule has 1 rings (SSSR count). The van der Waals surface area contributed by atoms with Gasteiger partial charge in [-0.25, -0.2) is 0 Å². The molecule has 1 fully saturated rings. The van der Waals surface area contributed by atoms with Crippen LogP contribution in [0.4, 0.5) is 0 Å². The summed E-state index contributed by atoms with van der Waals surface area (Å²) in [6, 6.07) is 0. The molecular formula is C20H36O4. The molecule has 24 heavy (non-hydrogen) atoms. The zero-order chi connectivity index (χ0) is 17.3. The van der Waals surface area contributed by atoms with Crippen molar-refractivity contribution in [2.45, 2.75) is 103 Å². The Bertz CT molecular complexity index is 298. The summed E-state index contributed by atoms with van der Waals surface area (Å²) in [7, 11) is 0. The molecule has 4 nitrogen and oxygen atoms in total. The third kappa shape index (κ3) is 13.4. The van der Waals surface area contributed by atoms with Crippen LogP contribution in [0.3, 0.4) is 0 Å². The molecule has 140 valence electrons. The van der Waals surface area contributed by atoms with Gasteiger partial charge in [-0.1, -0.05) is 64.2 Å². The first kappa shape index (κ1) is 21.0. The summed E-state index contributed by atoms with van der Waals surface area (Å²) < 4.78 is 10.5. The van der Waals surface area contributed by atoms with Crippen LogP contribution >= 0.6 is 0 Å². The van der Waals surface area contributed by atoms with Crippen molar-refractivity contribution in [3.63, 3.8) is 0 Å². The summed E-state index contributed by atoms with van der Waals surface area (Å²) in [6.07, 6.45) is 16.6. The number of esters is 2. The van der Waals surface area contributed by atoms with Crippen LogP contribution in [0.15, 0.2) is 0 Å². The van der Waals surface area contributed by atoms with E-state index in [4.69, 9.17) is 9.47 Å². The Balaban J connectivity index is 2.16. The maximum Gasteiger partial charge on any atom is 0.305 e. The minimum absolute atomic E-state index is 0.0549. The molecule has 0 unspecified atom stereocenters. The van der Waals surface area contributed by atoms with Crippen molar-refractivity contribution < 1.29 is 19.1 Å². The highest BCUT2D eigenvalue weighted by Crippen LogP contribution is 2.12. The third-order valence-corrected chi connectivity index (χ3v) is 4.58. The zero-order valence-electron chi connectivity index (χ0n) is 15.4. The van der Waals surface area contributed by atoms with E-state index in [0.29, 0.717) is 26.1 Å². The SMILES string of the molecule is O=C1CCCCCCCC(=O)OCCCCCCCCCCCO1. The first-order valence-electron chi connectivity index (χ1n) is 10.1. The highest BCUT2D eigenvalue weighted by atomic mass is 16.5. The minimum atomic E-state index is -0.0549. The van der Waals surface area contributed by atoms with E-state index < -0.39 is 0 Å². The molecule has 0 aromatic rings. The van der Waals surface area contributed by atoms with Crippen molar-refractivity contribution in [3.8, 4) is 0 Å². The average molecular weight is 341 g/mol. The Morgan fingerprint density at radius 1 is 0.417 bits per heavy atom. The summed E-state index contributed by atoms with van der Waals surface area (Å²) in [6.45, 7) is 1.17. The lowest BCUT2D eigenvalue weighted by atomic mass is 10.1. The molecule has 1 aliphatic rings. The van der Waals surface area contributed by atoms with Crippen LogP contribution in [0.5, 0.6) is 0 Å². The molecular weight excluding hydrogens is 304 g/mol. The van der Waals surface area contributed by atoms with Gasteiger partial charge in [-0.05, 0) is 25.7 Å². The first-order chi connectivity index (χ1) is 11.8. The van der Waals surface area contributed by atoms with Crippen LogP contribution in [0, 0.1) is 0 Å². The fourth-order valence-corrected chi connectivity index (χ4v) is 3.03. The molecule has 0 radical (unpaired) electrons. The quantitative estimate of drug-likeness (QED) is 0.559. The third-order valence-electron chi connectivity index (χ3n) is 4.58. The maximum absolute atomic E-state index is 11.6. The predicted octanol–water partition coefficient (Wildman–Crippen LogP) is 5.33. The smallest absolute Gasteiger partial charge is 0.305 e. The Morgan fingerprint density at radius 3 is 1.08 bits per heavy atom. The van der Waals surface area contributed by atoms with Crippen molar-refractivity contribution in [2.24, 2.45) is 0 Å². The summed E-state index contributed by atoms with van der Waals surface area (Å²) in [4.78, 5) is 23.2. The Hall–Kier alpha value is -1.06. The number of cyclic esters (lactones) is 2. The molecule has 0 amide bonds. The van der Waals surface area contributed by atoms with E-state index in [1.165, 1.54) is 32.1 Å². The number of ether oxygens (including phenoxy) is 2. The summed E-state index contributed by atoms with van der Waals surface area (Å²) in [5, 5.41) is 0. The second kappa shape index (κ2) is 15.5. The minimum Gasteiger partial charge on any atom is -0.466 e. The van der Waals surface area contributed by atoms with E-state index in [1.807, 2.05) is 0 Å². The standard InChI is InChI=1S/C20H36O4/c21-19-15-11-7-6-8-12-16-20(22)24-18-14-10-5-3-1-2-4-9-13-17-23-19/h1-18H2. The zero-order valence-corrected chi connectivity index (χ0v) is 15.4. The molecule has 0 aromatic heterocycles. The topological polar surface area (TPSA) is 52.6 Å². The van der Waals surface area contributed by atoms with Gasteiger partial charge in [0.05, 0.1) is 13.2 Å². The molecule has 1 heterocycles. The van der Waals surface area contributed by atoms with Crippen molar-refractivity contribution >= 4 is 11.9 Å². The van der Waals surface area contributed by atoms with Gasteiger partial charge < -0.3 is 9.47 Å². The lowest BCUT2D eigenvalue weighted by molar-refractivity contribution is -0.144. The molecule has 0 bridgehead atoms. The van der Waals surface area contributed by atoms with Crippen molar-refractivity contribution in [2.75, 3.05) is 13.2 Å². The van der Waals surface area contributed by atoms with E-state index in [9.17, 15) is 9.59 Å². The van der Waals surface area contributed by atoms with Gasteiger partial charge in [-0.15, -0.1) is 0 Å². The van der Waals surface area contributed by atoms with E-state index in [-0.39, 0.29) is 11.9 Å². The lowest BCUT2D eigenvalue weighted by Gasteiger charge is -2.07. The fraction of sp³-hybridized carbons (Fsp3) is 0.900. The summed E-state index contributed by atoms with van der Waals surface area (Å²) in [5.41, 5.74) is 0. The first-order valence-corrected chi connectivity index (χ1v) is 10.1. The molecule has 0 spiro atoms. The van der Waals surface area contributed by atoms with Gasteiger partial charge in [0.1, 0.15) is 0 Å². The van der Waals surface area contributed by atoms with Gasteiger partial charge >= 0.3 is 11.9 Å². The molecule has 0 atom stereocenters. The van der Waals surface area contributed by atoms with Crippen LogP contribution in [-0.2, 0) is 19.1 Å². The van der Waals surface area contributed by atoms with Crippen LogP contribution in [0.1, 0.15) is 103 Å². The number of carbonyl (C=O) groups excluding carboxylic acids is 2. The van der Waals surface area contributed by atoms with Gasteiger partial charge in [-0.2, -0.15) is 0 Å². The van der Waals surface area contributed by atoms with Gasteiger partial charge in [0.15, 0.2) is 0 Å². The normalized spacial score (nSPS) is 22.5. The van der Waals surface area contributed by atoms with Gasteiger partial charge in [0.25, 0.3) is 0 Å². The second-order valence-electron chi connectivity index (χ2n) is 6.89. The molecule has 1 saturated heterocycles. The van der Waals surface area contributed by atoms with Gasteiger partial charge in [0, 0.05) is 12.8 Å². The van der Waals surface area contributed by atoms with Gasteiger partial charge in [0.2, 0.25) is 0 Å². The van der Waals surface area contributed by atoms with Crippen LogP contribution in [0.25, 0.3) is 0 Å². The molecule has 0 aromatic carbocycles. The van der Waals surface area contributed by atoms with Gasteiger partial charge in [-0.3, -0.25) is 9.59 Å². The van der Waals surface area contributed by atoms with Crippen molar-refractivity contribution in [3.05, 3.63) is 0 Å². The average Bonchev–Trinajstić information content (AvgIpc) is 2.57.